The summed E-state index contributed by atoms with van der Waals surface area (Å²) in [5.74, 6) is 1.16. The highest BCUT2D eigenvalue weighted by Crippen LogP contribution is 2.37. The minimum Gasteiger partial charge on any atom is -0.295 e. The Kier molecular flexibility index (Phi) is 2.60. The van der Waals surface area contributed by atoms with Crippen LogP contribution in [0.5, 0.6) is 0 Å². The van der Waals surface area contributed by atoms with Crippen molar-refractivity contribution in [2.75, 3.05) is 0 Å². The fourth-order valence-electron chi connectivity index (χ4n) is 3.92. The Bertz CT molecular complexity index is 1120. The molecule has 1 aliphatic rings. The molecule has 0 saturated heterocycles. The van der Waals surface area contributed by atoms with Gasteiger partial charge >= 0.3 is 0 Å². The lowest BCUT2D eigenvalue weighted by molar-refractivity contribution is 1.02. The summed E-state index contributed by atoms with van der Waals surface area (Å²) in [4.78, 5) is 4.93. The predicted octanol–water partition coefficient (Wildman–Crippen LogP) is 3.49. The number of fused-ring (bicyclic) bond motifs is 7. The van der Waals surface area contributed by atoms with E-state index in [9.17, 15) is 0 Å². The number of hydrogen-bond acceptors (Lipinski definition) is 1. The van der Waals surface area contributed by atoms with Crippen LogP contribution in [0.1, 0.15) is 22.5 Å². The minimum absolute atomic E-state index is 0.923. The van der Waals surface area contributed by atoms with Crippen molar-refractivity contribution in [3.63, 3.8) is 0 Å². The van der Waals surface area contributed by atoms with Gasteiger partial charge < -0.3 is 0 Å². The van der Waals surface area contributed by atoms with E-state index in [0.29, 0.717) is 0 Å². The van der Waals surface area contributed by atoms with Crippen molar-refractivity contribution in [2.24, 2.45) is 0 Å². The Balaban J connectivity index is 2.04. The second-order valence-corrected chi connectivity index (χ2v) is 7.06. The molecule has 3 heteroatoms. The third-order valence-corrected chi connectivity index (χ3v) is 5.69. The van der Waals surface area contributed by atoms with Crippen molar-refractivity contribution in [1.82, 2.24) is 9.55 Å². The molecule has 1 aliphatic heterocycles. The van der Waals surface area contributed by atoms with Gasteiger partial charge in [-0.05, 0) is 36.4 Å². The summed E-state index contributed by atoms with van der Waals surface area (Å²) >= 11 is 2.85. The quantitative estimate of drug-likeness (QED) is 0.400. The summed E-state index contributed by atoms with van der Waals surface area (Å²) < 4.78 is 3.64. The summed E-state index contributed by atoms with van der Waals surface area (Å²) in [6, 6.07) is 15.3. The molecule has 0 atom stereocenters. The zero-order chi connectivity index (χ0) is 15.7. The first-order chi connectivity index (χ1) is 11.1. The number of rotatable bonds is 0. The van der Waals surface area contributed by atoms with Gasteiger partial charge in [0.1, 0.15) is 5.82 Å². The maximum absolute atomic E-state index is 4.93. The van der Waals surface area contributed by atoms with Gasteiger partial charge in [-0.15, -0.1) is 4.43 Å². The van der Waals surface area contributed by atoms with Crippen molar-refractivity contribution in [3.8, 4) is 5.69 Å². The van der Waals surface area contributed by atoms with Crippen LogP contribution in [0.2, 0.25) is 0 Å². The fraction of sp³-hybridized carbons (Fsp3) is 0.150. The first kappa shape index (κ1) is 13.4. The molecule has 108 valence electrons. The van der Waals surface area contributed by atoms with Crippen LogP contribution < -0.4 is 4.43 Å². The number of aromatic nitrogens is 2. The molecule has 4 aromatic rings. The van der Waals surface area contributed by atoms with E-state index in [1.807, 2.05) is 0 Å². The number of imidazole rings is 1. The van der Waals surface area contributed by atoms with E-state index in [0.717, 1.165) is 17.8 Å². The van der Waals surface area contributed by atoms with Crippen molar-refractivity contribution in [3.05, 3.63) is 65.0 Å². The molecule has 0 aliphatic carbocycles. The molecule has 0 fully saturated rings. The molecule has 0 amide bonds. The molecule has 2 radical (unpaired) electrons. The highest BCUT2D eigenvalue weighted by Gasteiger charge is 2.25. The van der Waals surface area contributed by atoms with Crippen LogP contribution in [0.15, 0.2) is 42.5 Å². The Morgan fingerprint density at radius 3 is 2.74 bits per heavy atom. The van der Waals surface area contributed by atoms with Gasteiger partial charge in [0.15, 0.2) is 16.3 Å². The zero-order valence-corrected chi connectivity index (χ0v) is 14.4. The van der Waals surface area contributed by atoms with Crippen molar-refractivity contribution in [1.29, 1.82) is 0 Å². The SMILES string of the molecule is Cc1cccc2c1-n1c(nc3ccc4cc[c]([Al])c(C)c4c31)C2. The number of benzene rings is 3. The van der Waals surface area contributed by atoms with Crippen molar-refractivity contribution < 1.29 is 0 Å². The molecule has 2 heterocycles. The average Bonchev–Trinajstić information content (AvgIpc) is 3.06. The second kappa shape index (κ2) is 4.48. The van der Waals surface area contributed by atoms with Crippen LogP contribution in [-0.2, 0) is 6.42 Å². The van der Waals surface area contributed by atoms with E-state index in [1.54, 1.807) is 0 Å². The van der Waals surface area contributed by atoms with E-state index in [2.05, 4.69) is 77.2 Å². The van der Waals surface area contributed by atoms with Gasteiger partial charge in [0, 0.05) is 11.8 Å². The normalized spacial score (nSPS) is 12.8. The molecule has 0 spiro atoms. The third-order valence-electron chi connectivity index (χ3n) is 5.06. The molecule has 0 unspecified atom stereocenters. The lowest BCUT2D eigenvalue weighted by Gasteiger charge is -2.12. The molecule has 0 saturated carbocycles. The number of nitrogens with zero attached hydrogens (tertiary/aromatic N) is 2. The molecule has 3 aromatic carbocycles. The predicted molar refractivity (Wildman–Crippen MR) is 96.2 cm³/mol. The monoisotopic (exact) mass is 310 g/mol. The van der Waals surface area contributed by atoms with Gasteiger partial charge in [-0.25, -0.2) is 4.98 Å². The fourth-order valence-corrected chi connectivity index (χ4v) is 4.17. The van der Waals surface area contributed by atoms with Gasteiger partial charge in [0.2, 0.25) is 0 Å². The van der Waals surface area contributed by atoms with E-state index < -0.39 is 0 Å². The maximum atomic E-state index is 4.93. The molecular formula is C20H15AlN2. The van der Waals surface area contributed by atoms with Crippen LogP contribution in [0.4, 0.5) is 0 Å². The standard InChI is InChI=1S/C20H15N2.Al/c1-12-5-3-7-14-9-10-16-20(18(12)14)22-17(21-16)11-15-8-4-6-13(2)19(15)22;/h3-4,6-10H,11H2,1-2H3;. The molecular weight excluding hydrogens is 295 g/mol. The summed E-state index contributed by atoms with van der Waals surface area (Å²) in [6.45, 7) is 4.40. The Morgan fingerprint density at radius 1 is 1.04 bits per heavy atom. The molecule has 0 bridgehead atoms. The summed E-state index contributed by atoms with van der Waals surface area (Å²) in [5, 5.41) is 2.61. The lowest BCUT2D eigenvalue weighted by Crippen LogP contribution is -2.07. The second-order valence-electron chi connectivity index (χ2n) is 6.43. The topological polar surface area (TPSA) is 17.8 Å². The summed E-state index contributed by atoms with van der Waals surface area (Å²) in [5.41, 5.74) is 7.70. The van der Waals surface area contributed by atoms with Gasteiger partial charge in [0.25, 0.3) is 0 Å². The van der Waals surface area contributed by atoms with Crippen LogP contribution in [0, 0.1) is 13.8 Å². The van der Waals surface area contributed by atoms with Gasteiger partial charge in [0.05, 0.1) is 16.7 Å². The first-order valence-electron chi connectivity index (χ1n) is 7.93. The molecule has 23 heavy (non-hydrogen) atoms. The zero-order valence-electron chi connectivity index (χ0n) is 13.2. The first-order valence-corrected chi connectivity index (χ1v) is 8.51. The highest BCUT2D eigenvalue weighted by molar-refractivity contribution is 6.35. The molecule has 2 nitrogen and oxygen atoms in total. The van der Waals surface area contributed by atoms with E-state index in [-0.39, 0.29) is 0 Å². The van der Waals surface area contributed by atoms with Crippen molar-refractivity contribution in [2.45, 2.75) is 20.3 Å². The maximum Gasteiger partial charge on any atom is 0.176 e. The Hall–Kier alpha value is -2.08. The molecule has 1 aromatic heterocycles. The van der Waals surface area contributed by atoms with E-state index in [4.69, 9.17) is 4.98 Å². The third kappa shape index (κ3) is 1.67. The minimum atomic E-state index is 0.923. The van der Waals surface area contributed by atoms with E-state index in [1.165, 1.54) is 43.1 Å². The number of hydrogen-bond donors (Lipinski definition) is 0. The van der Waals surface area contributed by atoms with Gasteiger partial charge in [-0.3, -0.25) is 4.57 Å². The van der Waals surface area contributed by atoms with Crippen LogP contribution in [0.3, 0.4) is 0 Å². The number of para-hydroxylation sites is 1. The number of aryl methyl sites for hydroxylation is 2. The Morgan fingerprint density at radius 2 is 1.87 bits per heavy atom. The molecule has 5 rings (SSSR count). The summed E-state index contributed by atoms with van der Waals surface area (Å²) in [6.07, 6.45) is 0.923. The van der Waals surface area contributed by atoms with Gasteiger partial charge in [-0.2, -0.15) is 0 Å². The van der Waals surface area contributed by atoms with Gasteiger partial charge in [-0.1, -0.05) is 42.0 Å². The Labute approximate surface area is 143 Å². The largest absolute Gasteiger partial charge is 0.295 e. The highest BCUT2D eigenvalue weighted by atomic mass is 27.0. The smallest absolute Gasteiger partial charge is 0.176 e. The molecule has 0 N–H and O–H groups in total. The van der Waals surface area contributed by atoms with Crippen LogP contribution >= 0.6 is 0 Å². The van der Waals surface area contributed by atoms with E-state index >= 15 is 0 Å². The lowest BCUT2D eigenvalue weighted by atomic mass is 10.0. The van der Waals surface area contributed by atoms with Crippen molar-refractivity contribution >= 4 is 42.5 Å². The van der Waals surface area contributed by atoms with Crippen LogP contribution in [-0.4, -0.2) is 25.8 Å². The average molecular weight is 310 g/mol. The summed E-state index contributed by atoms with van der Waals surface area (Å²) in [7, 11) is 0. The van der Waals surface area contributed by atoms with Crippen LogP contribution in [0.25, 0.3) is 27.5 Å².